The van der Waals surface area contributed by atoms with Gasteiger partial charge in [0.1, 0.15) is 0 Å². The largest absolute Gasteiger partial charge is 0.313 e. The van der Waals surface area contributed by atoms with E-state index in [1.165, 1.54) is 133 Å². The lowest BCUT2D eigenvalue weighted by Crippen LogP contribution is -2.24. The Hall–Kier alpha value is -7.42. The predicted molar refractivity (Wildman–Crippen MR) is 280 cm³/mol. The second-order valence-corrected chi connectivity index (χ2v) is 19.6. The third-order valence-electron chi connectivity index (χ3n) is 16.4. The second kappa shape index (κ2) is 14.0. The number of fused-ring (bicyclic) bond motifs is 10. The van der Waals surface area contributed by atoms with Gasteiger partial charge in [0.25, 0.3) is 0 Å². The highest BCUT2D eigenvalue weighted by Gasteiger charge is 2.43. The number of para-hydroxylation sites is 2. The number of nitrogens with zero attached hydrogens (tertiary/aromatic N) is 2. The lowest BCUT2D eigenvalue weighted by molar-refractivity contribution is 0.584. The van der Waals surface area contributed by atoms with Crippen LogP contribution in [-0.2, 0) is 6.42 Å². The molecule has 9 aromatic carbocycles. The summed E-state index contributed by atoms with van der Waals surface area (Å²) in [4.78, 5) is 0. The molecule has 14 rings (SSSR count). The fourth-order valence-corrected chi connectivity index (χ4v) is 13.0. The quantitative estimate of drug-likeness (QED) is 0.167. The van der Waals surface area contributed by atoms with Gasteiger partial charge in [0.2, 0.25) is 0 Å². The third kappa shape index (κ3) is 5.13. The van der Waals surface area contributed by atoms with Crippen molar-refractivity contribution in [3.63, 3.8) is 0 Å². The van der Waals surface area contributed by atoms with E-state index in [0.717, 1.165) is 12.8 Å². The molecule has 11 aromatic rings. The molecular formula is C64H50N2. The van der Waals surface area contributed by atoms with Gasteiger partial charge in [-0.05, 0) is 168 Å². The van der Waals surface area contributed by atoms with Crippen LogP contribution in [0.3, 0.4) is 0 Å². The molecule has 0 saturated carbocycles. The standard InChI is InChI=1S/C64H50N2/c1-37-38(2)52-36-56-54-34-44(50-28-16-20-42-18-12-14-26-48(42)50)30-32-58(54)66(46-23-9-6-10-24-46)64(56)60-40(4)39(3)59-61(62(52)60)51(37)35-55-53-33-43(49-27-15-19-41-17-11-13-25-47(41)49)29-31-57(53)65(63(55)59)45-21-7-5-8-22-45/h5-29,31,33-40H,30,32H2,1-4H3. The Morgan fingerprint density at radius 1 is 0.409 bits per heavy atom. The van der Waals surface area contributed by atoms with Crippen molar-refractivity contribution in [3.8, 4) is 33.6 Å². The molecular weight excluding hydrogens is 797 g/mol. The molecule has 316 valence electrons. The zero-order valence-corrected chi connectivity index (χ0v) is 37.9. The van der Waals surface area contributed by atoms with Gasteiger partial charge in [-0.25, -0.2) is 0 Å². The summed E-state index contributed by atoms with van der Waals surface area (Å²) in [7, 11) is 0. The molecule has 4 unspecified atom stereocenters. The monoisotopic (exact) mass is 846 g/mol. The molecule has 0 radical (unpaired) electrons. The Morgan fingerprint density at radius 2 is 0.939 bits per heavy atom. The van der Waals surface area contributed by atoms with E-state index in [1.807, 2.05) is 0 Å². The summed E-state index contributed by atoms with van der Waals surface area (Å²) >= 11 is 0. The minimum absolute atomic E-state index is 0.260. The SMILES string of the molecule is CC1c2cc3c4c(n(-c5ccccc5)c3c3c2-c2c(cc5c6cc(-c7cccc8ccccc78)ccc6n(-c6ccccc6)c5c2C(C)C3C)C1C)CCC(c1cccc2ccccc12)=C4. The van der Waals surface area contributed by atoms with E-state index < -0.39 is 0 Å². The summed E-state index contributed by atoms with van der Waals surface area (Å²) in [6.45, 7) is 10.1. The van der Waals surface area contributed by atoms with Crippen molar-refractivity contribution in [2.75, 3.05) is 0 Å². The number of allylic oxidation sites excluding steroid dienone is 1. The van der Waals surface area contributed by atoms with Crippen molar-refractivity contribution in [2.24, 2.45) is 0 Å². The molecule has 2 aromatic heterocycles. The zero-order valence-electron chi connectivity index (χ0n) is 37.9. The molecule has 2 heterocycles. The molecule has 0 amide bonds. The molecule has 0 bridgehead atoms. The summed E-state index contributed by atoms with van der Waals surface area (Å²) in [5.41, 5.74) is 23.7. The summed E-state index contributed by atoms with van der Waals surface area (Å²) in [5, 5.41) is 9.31. The zero-order chi connectivity index (χ0) is 43.9. The van der Waals surface area contributed by atoms with Gasteiger partial charge >= 0.3 is 0 Å². The first-order valence-electron chi connectivity index (χ1n) is 24.1. The van der Waals surface area contributed by atoms with Crippen LogP contribution in [0.1, 0.15) is 96.9 Å². The summed E-state index contributed by atoms with van der Waals surface area (Å²) in [5.74, 6) is 1.21. The Labute approximate surface area is 386 Å². The maximum Gasteiger partial charge on any atom is 0.0582 e. The first-order valence-corrected chi connectivity index (χ1v) is 24.1. The highest BCUT2D eigenvalue weighted by molar-refractivity contribution is 6.16. The lowest BCUT2D eigenvalue weighted by atomic mass is 9.62. The molecule has 0 saturated heterocycles. The van der Waals surface area contributed by atoms with Gasteiger partial charge in [0.15, 0.2) is 0 Å². The highest BCUT2D eigenvalue weighted by Crippen LogP contribution is 2.61. The lowest BCUT2D eigenvalue weighted by Gasteiger charge is -2.42. The van der Waals surface area contributed by atoms with E-state index in [2.05, 4.69) is 219 Å². The average Bonchev–Trinajstić information content (AvgIpc) is 3.88. The maximum atomic E-state index is 2.68. The van der Waals surface area contributed by atoms with Crippen LogP contribution in [-0.4, -0.2) is 9.13 Å². The number of benzene rings is 9. The van der Waals surface area contributed by atoms with Crippen molar-refractivity contribution in [2.45, 2.75) is 64.2 Å². The number of rotatable bonds is 4. The van der Waals surface area contributed by atoms with E-state index in [0.29, 0.717) is 11.8 Å². The molecule has 2 nitrogen and oxygen atoms in total. The minimum Gasteiger partial charge on any atom is -0.313 e. The van der Waals surface area contributed by atoms with Gasteiger partial charge < -0.3 is 9.13 Å². The van der Waals surface area contributed by atoms with Crippen LogP contribution in [0.25, 0.3) is 99.5 Å². The van der Waals surface area contributed by atoms with E-state index >= 15 is 0 Å². The Balaban J connectivity index is 1.09. The number of hydrogen-bond acceptors (Lipinski definition) is 0. The van der Waals surface area contributed by atoms with Crippen molar-refractivity contribution >= 4 is 65.9 Å². The van der Waals surface area contributed by atoms with Crippen LogP contribution in [0.2, 0.25) is 0 Å². The fraction of sp³-hybridized carbons (Fsp3) is 0.156. The van der Waals surface area contributed by atoms with Crippen LogP contribution < -0.4 is 0 Å². The van der Waals surface area contributed by atoms with Crippen LogP contribution in [0, 0.1) is 0 Å². The van der Waals surface area contributed by atoms with Gasteiger partial charge in [-0.1, -0.05) is 155 Å². The van der Waals surface area contributed by atoms with Crippen LogP contribution in [0.15, 0.2) is 176 Å². The first-order chi connectivity index (χ1) is 32.4. The average molecular weight is 847 g/mol. The predicted octanol–water partition coefficient (Wildman–Crippen LogP) is 17.3. The van der Waals surface area contributed by atoms with Gasteiger partial charge in [-0.15, -0.1) is 0 Å². The van der Waals surface area contributed by atoms with Crippen LogP contribution in [0.5, 0.6) is 0 Å². The third-order valence-corrected chi connectivity index (χ3v) is 16.4. The van der Waals surface area contributed by atoms with Crippen molar-refractivity contribution in [1.29, 1.82) is 0 Å². The van der Waals surface area contributed by atoms with Gasteiger partial charge in [0.05, 0.1) is 16.6 Å². The Bertz CT molecular complexity index is 3870. The molecule has 4 atom stereocenters. The van der Waals surface area contributed by atoms with Gasteiger partial charge in [0, 0.05) is 38.8 Å². The molecule has 3 aliphatic carbocycles. The van der Waals surface area contributed by atoms with E-state index in [-0.39, 0.29) is 11.8 Å². The maximum absolute atomic E-state index is 2.68. The van der Waals surface area contributed by atoms with Gasteiger partial charge in [-0.3, -0.25) is 0 Å². The molecule has 0 spiro atoms. The first kappa shape index (κ1) is 37.9. The topological polar surface area (TPSA) is 9.86 Å². The number of aromatic nitrogens is 2. The molecule has 0 fully saturated rings. The Kier molecular flexibility index (Phi) is 8.06. The van der Waals surface area contributed by atoms with E-state index in [1.54, 1.807) is 0 Å². The van der Waals surface area contributed by atoms with Gasteiger partial charge in [-0.2, -0.15) is 0 Å². The molecule has 0 aliphatic heterocycles. The minimum atomic E-state index is 0.260. The summed E-state index contributed by atoms with van der Waals surface area (Å²) in [6.07, 6.45) is 4.58. The smallest absolute Gasteiger partial charge is 0.0582 e. The van der Waals surface area contributed by atoms with E-state index in [4.69, 9.17) is 0 Å². The number of hydrogen-bond donors (Lipinski definition) is 0. The molecule has 3 aliphatic rings. The molecule has 2 heteroatoms. The molecule has 66 heavy (non-hydrogen) atoms. The summed E-state index contributed by atoms with van der Waals surface area (Å²) < 4.78 is 5.29. The normalized spacial score (nSPS) is 18.6. The van der Waals surface area contributed by atoms with Crippen LogP contribution in [0.4, 0.5) is 0 Å². The Morgan fingerprint density at radius 3 is 1.59 bits per heavy atom. The van der Waals surface area contributed by atoms with Crippen molar-refractivity contribution < 1.29 is 0 Å². The molecule has 0 N–H and O–H groups in total. The van der Waals surface area contributed by atoms with Crippen LogP contribution >= 0.6 is 0 Å². The van der Waals surface area contributed by atoms with Crippen molar-refractivity contribution in [1.82, 2.24) is 9.13 Å². The highest BCUT2D eigenvalue weighted by atomic mass is 15.0. The fourth-order valence-electron chi connectivity index (χ4n) is 13.0. The van der Waals surface area contributed by atoms with E-state index in [9.17, 15) is 0 Å². The van der Waals surface area contributed by atoms with Crippen molar-refractivity contribution in [3.05, 3.63) is 215 Å². The summed E-state index contributed by atoms with van der Waals surface area (Å²) in [6, 6.07) is 66.1. The second-order valence-electron chi connectivity index (χ2n) is 19.6.